The van der Waals surface area contributed by atoms with Crippen molar-refractivity contribution in [2.45, 2.75) is 45.6 Å². The summed E-state index contributed by atoms with van der Waals surface area (Å²) in [6, 6.07) is 1.87. The minimum Gasteiger partial charge on any atom is -0.323 e. The predicted molar refractivity (Wildman–Crippen MR) is 80.1 cm³/mol. The van der Waals surface area contributed by atoms with Gasteiger partial charge >= 0.3 is 0 Å². The van der Waals surface area contributed by atoms with Gasteiger partial charge < -0.3 is 4.98 Å². The lowest BCUT2D eigenvalue weighted by Crippen LogP contribution is -2.40. The van der Waals surface area contributed by atoms with Gasteiger partial charge in [-0.2, -0.15) is 0 Å². The molecule has 2 aromatic heterocycles. The highest BCUT2D eigenvalue weighted by Crippen LogP contribution is 2.28. The number of fused-ring (bicyclic) bond motifs is 1. The van der Waals surface area contributed by atoms with Gasteiger partial charge in [-0.3, -0.25) is 9.36 Å². The third-order valence-corrected chi connectivity index (χ3v) is 5.09. The number of H-pyrrole nitrogens is 1. The van der Waals surface area contributed by atoms with Crippen molar-refractivity contribution in [2.75, 3.05) is 0 Å². The molecule has 0 spiro atoms. The van der Waals surface area contributed by atoms with Crippen LogP contribution >= 0.6 is 23.6 Å². The molecule has 2 rings (SSSR count). The van der Waals surface area contributed by atoms with Gasteiger partial charge in [0.25, 0.3) is 5.56 Å². The van der Waals surface area contributed by atoms with Crippen LogP contribution in [0.4, 0.5) is 0 Å². The molecule has 3 nitrogen and oxygen atoms in total. The van der Waals surface area contributed by atoms with Crippen LogP contribution in [0, 0.1) is 4.77 Å². The van der Waals surface area contributed by atoms with E-state index in [0.29, 0.717) is 4.77 Å². The summed E-state index contributed by atoms with van der Waals surface area (Å²) in [6.07, 6.45) is 2.73. The molecule has 0 aliphatic rings. The quantitative estimate of drug-likeness (QED) is 0.859. The molecule has 5 heteroatoms. The van der Waals surface area contributed by atoms with Gasteiger partial charge in [-0.25, -0.2) is 0 Å². The van der Waals surface area contributed by atoms with E-state index in [-0.39, 0.29) is 11.1 Å². The summed E-state index contributed by atoms with van der Waals surface area (Å²) in [7, 11) is 0. The Morgan fingerprint density at radius 3 is 2.50 bits per heavy atom. The second-order valence-electron chi connectivity index (χ2n) is 4.52. The van der Waals surface area contributed by atoms with Crippen molar-refractivity contribution in [1.82, 2.24) is 9.55 Å². The standard InChI is InChI=1S/C13H18N2OS2/c1-4-13(5-2,6-3)15-11(16)9-7-8-18-10(9)14-12(15)17/h7-8H,4-6H2,1-3H3,(H,14,17). The molecule has 0 unspecified atom stereocenters. The van der Waals surface area contributed by atoms with Crippen LogP contribution in [-0.2, 0) is 5.54 Å². The largest absolute Gasteiger partial charge is 0.323 e. The van der Waals surface area contributed by atoms with Crippen molar-refractivity contribution in [1.29, 1.82) is 0 Å². The molecule has 0 aliphatic heterocycles. The lowest BCUT2D eigenvalue weighted by atomic mass is 9.89. The predicted octanol–water partition coefficient (Wildman–Crippen LogP) is 4.05. The van der Waals surface area contributed by atoms with E-state index in [4.69, 9.17) is 12.2 Å². The van der Waals surface area contributed by atoms with E-state index in [1.807, 2.05) is 11.4 Å². The fourth-order valence-electron chi connectivity index (χ4n) is 2.60. The molecule has 98 valence electrons. The van der Waals surface area contributed by atoms with Gasteiger partial charge in [0, 0.05) is 5.54 Å². The van der Waals surface area contributed by atoms with Gasteiger partial charge in [0.05, 0.1) is 5.39 Å². The molecular weight excluding hydrogens is 264 g/mol. The number of thiophene rings is 1. The molecule has 18 heavy (non-hydrogen) atoms. The van der Waals surface area contributed by atoms with Crippen LogP contribution in [0.1, 0.15) is 40.0 Å². The van der Waals surface area contributed by atoms with E-state index in [2.05, 4.69) is 25.8 Å². The van der Waals surface area contributed by atoms with Gasteiger partial charge in [0.15, 0.2) is 4.77 Å². The molecule has 0 atom stereocenters. The average molecular weight is 282 g/mol. The first-order valence-corrected chi connectivity index (χ1v) is 7.61. The number of aromatic nitrogens is 2. The SMILES string of the molecule is CCC(CC)(CC)n1c(=S)[nH]c2sccc2c1=O. The Labute approximate surface area is 115 Å². The summed E-state index contributed by atoms with van der Waals surface area (Å²) in [5.74, 6) is 0. The number of hydrogen-bond acceptors (Lipinski definition) is 3. The summed E-state index contributed by atoms with van der Waals surface area (Å²) < 4.78 is 2.33. The van der Waals surface area contributed by atoms with Crippen molar-refractivity contribution in [3.63, 3.8) is 0 Å². The summed E-state index contributed by atoms with van der Waals surface area (Å²) in [6.45, 7) is 6.35. The minimum absolute atomic E-state index is 0.0422. The second-order valence-corrected chi connectivity index (χ2v) is 5.82. The van der Waals surface area contributed by atoms with E-state index in [0.717, 1.165) is 29.5 Å². The fourth-order valence-corrected chi connectivity index (χ4v) is 3.82. The van der Waals surface area contributed by atoms with Crippen LogP contribution < -0.4 is 5.56 Å². The molecule has 0 bridgehead atoms. The van der Waals surface area contributed by atoms with Crippen molar-refractivity contribution in [2.24, 2.45) is 0 Å². The van der Waals surface area contributed by atoms with Crippen LogP contribution in [0.2, 0.25) is 0 Å². The second kappa shape index (κ2) is 4.97. The molecule has 0 saturated heterocycles. The number of aromatic amines is 1. The summed E-state index contributed by atoms with van der Waals surface area (Å²) in [4.78, 5) is 16.7. The number of rotatable bonds is 4. The molecule has 0 saturated carbocycles. The van der Waals surface area contributed by atoms with Gasteiger partial charge in [-0.15, -0.1) is 11.3 Å². The first-order chi connectivity index (χ1) is 8.59. The van der Waals surface area contributed by atoms with Crippen molar-refractivity contribution in [3.05, 3.63) is 26.6 Å². The van der Waals surface area contributed by atoms with Crippen molar-refractivity contribution >= 4 is 33.8 Å². The van der Waals surface area contributed by atoms with Gasteiger partial charge in [-0.1, -0.05) is 20.8 Å². The van der Waals surface area contributed by atoms with Gasteiger partial charge in [-0.05, 0) is 42.9 Å². The third-order valence-electron chi connectivity index (χ3n) is 3.97. The van der Waals surface area contributed by atoms with Crippen LogP contribution in [0.5, 0.6) is 0 Å². The first-order valence-electron chi connectivity index (χ1n) is 6.32. The Balaban J connectivity index is 2.85. The first kappa shape index (κ1) is 13.5. The Kier molecular flexibility index (Phi) is 3.73. The smallest absolute Gasteiger partial charge is 0.263 e. The number of nitrogens with zero attached hydrogens (tertiary/aromatic N) is 1. The van der Waals surface area contributed by atoms with Crippen molar-refractivity contribution in [3.8, 4) is 0 Å². The van der Waals surface area contributed by atoms with Crippen LogP contribution in [0.15, 0.2) is 16.2 Å². The van der Waals surface area contributed by atoms with Crippen molar-refractivity contribution < 1.29 is 0 Å². The number of nitrogens with one attached hydrogen (secondary N) is 1. The number of hydrogen-bond donors (Lipinski definition) is 1. The molecule has 2 aromatic rings. The lowest BCUT2D eigenvalue weighted by molar-refractivity contribution is 0.239. The van der Waals surface area contributed by atoms with E-state index in [1.165, 1.54) is 11.3 Å². The topological polar surface area (TPSA) is 37.8 Å². The Morgan fingerprint density at radius 2 is 1.94 bits per heavy atom. The Bertz CT molecular complexity index is 653. The van der Waals surface area contributed by atoms with Gasteiger partial charge in [0.2, 0.25) is 0 Å². The van der Waals surface area contributed by atoms with E-state index < -0.39 is 0 Å². The Hall–Kier alpha value is -0.940. The maximum atomic E-state index is 12.6. The van der Waals surface area contributed by atoms with E-state index >= 15 is 0 Å². The third kappa shape index (κ3) is 1.86. The highest BCUT2D eigenvalue weighted by atomic mass is 32.1. The molecule has 0 radical (unpaired) electrons. The van der Waals surface area contributed by atoms with E-state index in [9.17, 15) is 4.79 Å². The van der Waals surface area contributed by atoms with Crippen LogP contribution in [-0.4, -0.2) is 9.55 Å². The summed E-state index contributed by atoms with van der Waals surface area (Å²) in [5.41, 5.74) is -0.124. The zero-order valence-corrected chi connectivity index (χ0v) is 12.6. The molecule has 1 N–H and O–H groups in total. The molecule has 0 amide bonds. The maximum Gasteiger partial charge on any atom is 0.263 e. The van der Waals surface area contributed by atoms with Crippen LogP contribution in [0.3, 0.4) is 0 Å². The highest BCUT2D eigenvalue weighted by Gasteiger charge is 2.29. The van der Waals surface area contributed by atoms with Crippen LogP contribution in [0.25, 0.3) is 10.2 Å². The van der Waals surface area contributed by atoms with Gasteiger partial charge in [0.1, 0.15) is 4.83 Å². The normalized spacial score (nSPS) is 12.2. The fraction of sp³-hybridized carbons (Fsp3) is 0.538. The molecule has 0 aliphatic carbocycles. The molecule has 0 aromatic carbocycles. The zero-order valence-electron chi connectivity index (χ0n) is 10.9. The minimum atomic E-state index is -0.166. The van der Waals surface area contributed by atoms with E-state index in [1.54, 1.807) is 4.57 Å². The highest BCUT2D eigenvalue weighted by molar-refractivity contribution is 7.71. The summed E-state index contributed by atoms with van der Waals surface area (Å²) >= 11 is 6.92. The molecule has 0 fully saturated rings. The maximum absolute atomic E-state index is 12.6. The molecular formula is C13H18N2OS2. The zero-order chi connectivity index (χ0) is 13.3. The monoisotopic (exact) mass is 282 g/mol. The lowest BCUT2D eigenvalue weighted by Gasteiger charge is -2.32. The molecule has 2 heterocycles. The average Bonchev–Trinajstić information content (AvgIpc) is 2.83. The Morgan fingerprint density at radius 1 is 1.33 bits per heavy atom. The summed E-state index contributed by atoms with van der Waals surface area (Å²) in [5, 5.41) is 2.67.